The van der Waals surface area contributed by atoms with Crippen molar-refractivity contribution in [1.82, 2.24) is 10.6 Å². The predicted molar refractivity (Wildman–Crippen MR) is 64.3 cm³/mol. The van der Waals surface area contributed by atoms with Gasteiger partial charge in [0.25, 0.3) is 0 Å². The van der Waals surface area contributed by atoms with Gasteiger partial charge in [-0.3, -0.25) is 4.79 Å². The van der Waals surface area contributed by atoms with Crippen LogP contribution in [0.2, 0.25) is 0 Å². The number of hydrogen-bond acceptors (Lipinski definition) is 2. The molecule has 0 aromatic heterocycles. The fourth-order valence-electron chi connectivity index (χ4n) is 2.04. The molecule has 1 aromatic carbocycles. The number of aryl methyl sites for hydroxylation is 1. The highest BCUT2D eigenvalue weighted by Crippen LogP contribution is 2.13. The Bertz CT molecular complexity index is 451. The molecule has 0 spiro atoms. The number of hydrogen-bond donors (Lipinski definition) is 2. The molecule has 18 heavy (non-hydrogen) atoms. The lowest BCUT2D eigenvalue weighted by atomic mass is 10.1. The van der Waals surface area contributed by atoms with Gasteiger partial charge in [-0.2, -0.15) is 0 Å². The van der Waals surface area contributed by atoms with Gasteiger partial charge in [-0.1, -0.05) is 18.2 Å². The third-order valence-corrected chi connectivity index (χ3v) is 3.12. The van der Waals surface area contributed by atoms with Gasteiger partial charge in [0.15, 0.2) is 0 Å². The van der Waals surface area contributed by atoms with Crippen LogP contribution in [0.3, 0.4) is 0 Å². The van der Waals surface area contributed by atoms with Crippen LogP contribution in [-0.2, 0) is 11.3 Å². The van der Waals surface area contributed by atoms with E-state index in [2.05, 4.69) is 10.6 Å². The van der Waals surface area contributed by atoms with Crippen molar-refractivity contribution in [3.63, 3.8) is 0 Å². The van der Waals surface area contributed by atoms with Gasteiger partial charge in [-0.05, 0) is 12.5 Å². The first kappa shape index (κ1) is 13.0. The first-order valence-electron chi connectivity index (χ1n) is 5.97. The quantitative estimate of drug-likeness (QED) is 0.857. The van der Waals surface area contributed by atoms with Crippen molar-refractivity contribution in [2.45, 2.75) is 32.1 Å². The zero-order valence-corrected chi connectivity index (χ0v) is 10.2. The van der Waals surface area contributed by atoms with Gasteiger partial charge in [0.1, 0.15) is 12.0 Å². The first-order valence-corrected chi connectivity index (χ1v) is 5.97. The molecule has 98 valence electrons. The summed E-state index contributed by atoms with van der Waals surface area (Å²) < 4.78 is 26.6. The minimum Gasteiger partial charge on any atom is -0.351 e. The van der Waals surface area contributed by atoms with Crippen LogP contribution in [0.25, 0.3) is 0 Å². The zero-order chi connectivity index (χ0) is 13.1. The lowest BCUT2D eigenvalue weighted by Crippen LogP contribution is -2.40. The van der Waals surface area contributed by atoms with Crippen molar-refractivity contribution >= 4 is 5.91 Å². The summed E-state index contributed by atoms with van der Waals surface area (Å²) in [5.41, 5.74) is 0.989. The second-order valence-electron chi connectivity index (χ2n) is 4.56. The van der Waals surface area contributed by atoms with Crippen molar-refractivity contribution in [3.05, 3.63) is 35.1 Å². The Morgan fingerprint density at radius 2 is 2.33 bits per heavy atom. The average molecular weight is 254 g/mol. The van der Waals surface area contributed by atoms with E-state index in [0.717, 1.165) is 0 Å². The summed E-state index contributed by atoms with van der Waals surface area (Å²) in [5, 5.41) is 5.41. The van der Waals surface area contributed by atoms with Crippen LogP contribution in [0.1, 0.15) is 17.5 Å². The second-order valence-corrected chi connectivity index (χ2v) is 4.56. The Labute approximate surface area is 105 Å². The highest BCUT2D eigenvalue weighted by molar-refractivity contribution is 5.82. The number of nitrogens with one attached hydrogen (secondary N) is 2. The van der Waals surface area contributed by atoms with E-state index in [1.807, 2.05) is 0 Å². The maximum Gasteiger partial charge on any atom is 0.237 e. The van der Waals surface area contributed by atoms with Crippen molar-refractivity contribution in [2.24, 2.45) is 0 Å². The van der Waals surface area contributed by atoms with Gasteiger partial charge in [0.2, 0.25) is 5.91 Å². The molecule has 1 aliphatic rings. The summed E-state index contributed by atoms with van der Waals surface area (Å²) in [7, 11) is 0. The van der Waals surface area contributed by atoms with E-state index in [1.165, 1.54) is 0 Å². The van der Waals surface area contributed by atoms with Crippen molar-refractivity contribution < 1.29 is 13.6 Å². The van der Waals surface area contributed by atoms with Crippen LogP contribution < -0.4 is 10.6 Å². The SMILES string of the molecule is Cc1cccc(CNC(=O)[C@@H]2C[C@@H](F)CN2)c1F. The Kier molecular flexibility index (Phi) is 3.91. The summed E-state index contributed by atoms with van der Waals surface area (Å²) in [4.78, 5) is 11.7. The molecule has 1 saturated heterocycles. The van der Waals surface area contributed by atoms with E-state index >= 15 is 0 Å². The van der Waals surface area contributed by atoms with Gasteiger partial charge in [0.05, 0.1) is 6.04 Å². The molecule has 0 aliphatic carbocycles. The predicted octanol–water partition coefficient (Wildman–Crippen LogP) is 1.45. The molecular weight excluding hydrogens is 238 g/mol. The van der Waals surface area contributed by atoms with Crippen LogP contribution in [0.4, 0.5) is 8.78 Å². The van der Waals surface area contributed by atoms with Gasteiger partial charge >= 0.3 is 0 Å². The van der Waals surface area contributed by atoms with E-state index < -0.39 is 12.2 Å². The molecular formula is C13H16F2N2O. The molecule has 1 heterocycles. The van der Waals surface area contributed by atoms with Crippen molar-refractivity contribution in [2.75, 3.05) is 6.54 Å². The number of amides is 1. The van der Waals surface area contributed by atoms with Crippen LogP contribution in [0, 0.1) is 12.7 Å². The molecule has 0 unspecified atom stereocenters. The van der Waals surface area contributed by atoms with Crippen LogP contribution in [0.15, 0.2) is 18.2 Å². The van der Waals surface area contributed by atoms with Crippen molar-refractivity contribution in [3.8, 4) is 0 Å². The smallest absolute Gasteiger partial charge is 0.237 e. The van der Waals surface area contributed by atoms with Crippen LogP contribution in [-0.4, -0.2) is 24.7 Å². The molecule has 1 aliphatic heterocycles. The molecule has 2 atom stereocenters. The Morgan fingerprint density at radius 1 is 1.56 bits per heavy atom. The number of rotatable bonds is 3. The largest absolute Gasteiger partial charge is 0.351 e. The lowest BCUT2D eigenvalue weighted by Gasteiger charge is -2.11. The Balaban J connectivity index is 1.91. The molecule has 1 fully saturated rings. The molecule has 3 nitrogen and oxygen atoms in total. The van der Waals surface area contributed by atoms with E-state index in [-0.39, 0.29) is 31.2 Å². The molecule has 2 rings (SSSR count). The molecule has 1 amide bonds. The topological polar surface area (TPSA) is 41.1 Å². The Hall–Kier alpha value is -1.49. The van der Waals surface area contributed by atoms with E-state index in [0.29, 0.717) is 11.1 Å². The molecule has 1 aromatic rings. The molecule has 2 N–H and O–H groups in total. The minimum absolute atomic E-state index is 0.126. The third-order valence-electron chi connectivity index (χ3n) is 3.12. The van der Waals surface area contributed by atoms with Gasteiger partial charge in [-0.25, -0.2) is 8.78 Å². The minimum atomic E-state index is -0.976. The molecule has 0 radical (unpaired) electrons. The normalized spacial score (nSPS) is 23.1. The zero-order valence-electron chi connectivity index (χ0n) is 10.2. The standard InChI is InChI=1S/C13H16F2N2O/c1-8-3-2-4-9(12(8)15)6-17-13(18)11-5-10(14)7-16-11/h2-4,10-11,16H,5-7H2,1H3,(H,17,18)/t10-,11+/m1/s1. The summed E-state index contributed by atoms with van der Waals surface area (Å²) in [5.74, 6) is -0.586. The first-order chi connectivity index (χ1) is 8.58. The highest BCUT2D eigenvalue weighted by atomic mass is 19.1. The van der Waals surface area contributed by atoms with Crippen LogP contribution >= 0.6 is 0 Å². The molecule has 0 saturated carbocycles. The number of carbonyl (C=O) groups excluding carboxylic acids is 1. The molecule has 5 heteroatoms. The summed E-state index contributed by atoms with van der Waals surface area (Å²) in [6, 6.07) is 4.54. The fourth-order valence-corrected chi connectivity index (χ4v) is 2.04. The average Bonchev–Trinajstić information content (AvgIpc) is 2.77. The summed E-state index contributed by atoms with van der Waals surface area (Å²) in [6.07, 6.45) is -0.793. The number of halogens is 2. The van der Waals surface area contributed by atoms with E-state index in [1.54, 1.807) is 25.1 Å². The fraction of sp³-hybridized carbons (Fsp3) is 0.462. The summed E-state index contributed by atoms with van der Waals surface area (Å²) >= 11 is 0. The van der Waals surface area contributed by atoms with Gasteiger partial charge < -0.3 is 10.6 Å². The van der Waals surface area contributed by atoms with E-state index in [9.17, 15) is 13.6 Å². The maximum atomic E-state index is 13.7. The number of benzene rings is 1. The van der Waals surface area contributed by atoms with Crippen LogP contribution in [0.5, 0.6) is 0 Å². The second kappa shape index (κ2) is 5.44. The van der Waals surface area contributed by atoms with Gasteiger partial charge in [-0.15, -0.1) is 0 Å². The highest BCUT2D eigenvalue weighted by Gasteiger charge is 2.28. The lowest BCUT2D eigenvalue weighted by molar-refractivity contribution is -0.123. The summed E-state index contributed by atoms with van der Waals surface area (Å²) in [6.45, 7) is 2.01. The third kappa shape index (κ3) is 2.85. The molecule has 0 bridgehead atoms. The van der Waals surface area contributed by atoms with Gasteiger partial charge in [0, 0.05) is 25.1 Å². The number of carbonyl (C=O) groups is 1. The monoisotopic (exact) mass is 254 g/mol. The Morgan fingerprint density at radius 3 is 3.00 bits per heavy atom. The number of alkyl halides is 1. The van der Waals surface area contributed by atoms with E-state index in [4.69, 9.17) is 0 Å². The van der Waals surface area contributed by atoms with Crippen molar-refractivity contribution in [1.29, 1.82) is 0 Å². The maximum absolute atomic E-state index is 13.7.